The van der Waals surface area contributed by atoms with Crippen LogP contribution in [0.3, 0.4) is 0 Å². The van der Waals surface area contributed by atoms with Crippen molar-refractivity contribution in [1.82, 2.24) is 10.3 Å². The fourth-order valence-corrected chi connectivity index (χ4v) is 2.90. The standard InChI is InChI=1S/C19H24N2O4S.BrH/c1-5-24-17(22)15-12-26-16(20-15)14(11-13-9-7-6-8-10-13)21-18(23)25-19(2,3)4;/h6-10,12,14H,5,11H2,1-4H3,(H,21,23);1H/p-1/t14-;/m0./s1/i14D;. The zero-order valence-electron chi connectivity index (χ0n) is 16.7. The number of hydrogen-bond donors (Lipinski definition) is 1. The lowest BCUT2D eigenvalue weighted by Crippen LogP contribution is -3.00. The molecule has 0 aliphatic carbocycles. The van der Waals surface area contributed by atoms with Gasteiger partial charge >= 0.3 is 12.1 Å². The number of benzene rings is 1. The number of aromatic nitrogens is 1. The molecule has 0 spiro atoms. The van der Waals surface area contributed by atoms with Gasteiger partial charge in [-0.3, -0.25) is 0 Å². The van der Waals surface area contributed by atoms with Gasteiger partial charge in [0.25, 0.3) is 0 Å². The Balaban J connectivity index is 0.00000392. The second-order valence-electron chi connectivity index (χ2n) is 6.53. The van der Waals surface area contributed by atoms with Crippen molar-refractivity contribution >= 4 is 23.4 Å². The van der Waals surface area contributed by atoms with E-state index in [2.05, 4.69) is 10.3 Å². The van der Waals surface area contributed by atoms with Crippen molar-refractivity contribution in [1.29, 1.82) is 0 Å². The van der Waals surface area contributed by atoms with Crippen LogP contribution >= 0.6 is 11.3 Å². The first-order chi connectivity index (χ1) is 12.6. The Morgan fingerprint density at radius 2 is 1.96 bits per heavy atom. The second-order valence-corrected chi connectivity index (χ2v) is 7.38. The molecular weight excluding hydrogens is 432 g/mol. The molecule has 27 heavy (non-hydrogen) atoms. The van der Waals surface area contributed by atoms with Gasteiger partial charge in [-0.25, -0.2) is 14.6 Å². The van der Waals surface area contributed by atoms with E-state index in [1.54, 1.807) is 27.7 Å². The van der Waals surface area contributed by atoms with Gasteiger partial charge in [-0.1, -0.05) is 30.3 Å². The lowest BCUT2D eigenvalue weighted by molar-refractivity contribution is -0.0000462. The van der Waals surface area contributed by atoms with Gasteiger partial charge in [0.1, 0.15) is 10.6 Å². The highest BCUT2D eigenvalue weighted by molar-refractivity contribution is 7.09. The lowest BCUT2D eigenvalue weighted by atomic mass is 10.1. The summed E-state index contributed by atoms with van der Waals surface area (Å²) in [6.07, 6.45) is -0.551. The van der Waals surface area contributed by atoms with E-state index in [0.29, 0.717) is 0 Å². The molecule has 0 fully saturated rings. The molecule has 0 saturated carbocycles. The summed E-state index contributed by atoms with van der Waals surface area (Å²) in [6, 6.07) is 7.72. The van der Waals surface area contributed by atoms with E-state index in [4.69, 9.17) is 10.8 Å². The molecule has 8 heteroatoms. The molecule has 0 unspecified atom stereocenters. The fraction of sp³-hybridized carbons (Fsp3) is 0.421. The zero-order chi connectivity index (χ0) is 20.1. The predicted octanol–water partition coefficient (Wildman–Crippen LogP) is 1.13. The van der Waals surface area contributed by atoms with Crippen molar-refractivity contribution in [3.8, 4) is 0 Å². The van der Waals surface area contributed by atoms with Gasteiger partial charge in [-0.05, 0) is 39.7 Å². The van der Waals surface area contributed by atoms with Gasteiger partial charge in [-0.2, -0.15) is 0 Å². The number of rotatable bonds is 6. The van der Waals surface area contributed by atoms with Crippen LogP contribution in [-0.4, -0.2) is 29.3 Å². The van der Waals surface area contributed by atoms with E-state index in [9.17, 15) is 9.59 Å². The molecule has 2 aromatic rings. The molecule has 0 saturated heterocycles. The van der Waals surface area contributed by atoms with E-state index in [0.717, 1.165) is 16.9 Å². The topological polar surface area (TPSA) is 77.5 Å². The molecule has 1 N–H and O–H groups in total. The van der Waals surface area contributed by atoms with Gasteiger partial charge in [0.2, 0.25) is 0 Å². The van der Waals surface area contributed by atoms with Crippen molar-refractivity contribution in [3.63, 3.8) is 0 Å². The highest BCUT2D eigenvalue weighted by Gasteiger charge is 2.24. The van der Waals surface area contributed by atoms with E-state index in [-0.39, 0.29) is 40.7 Å². The average Bonchev–Trinajstić information content (AvgIpc) is 3.05. The summed E-state index contributed by atoms with van der Waals surface area (Å²) in [6.45, 7) is 7.18. The SMILES string of the molecule is [2H][C@@](Cc1ccccc1)(NC(=O)OC(C)(C)C)c1nc(C(=O)OCC)cs1.[Br-]. The third-order valence-corrected chi connectivity index (χ3v) is 4.02. The average molecular weight is 457 g/mol. The number of halogens is 1. The Morgan fingerprint density at radius 3 is 2.56 bits per heavy atom. The van der Waals surface area contributed by atoms with E-state index >= 15 is 0 Å². The van der Waals surface area contributed by atoms with Crippen molar-refractivity contribution < 1.29 is 37.4 Å². The summed E-state index contributed by atoms with van der Waals surface area (Å²) in [5.41, 5.74) is 0.264. The Bertz CT molecular complexity index is 795. The number of ether oxygens (including phenoxy) is 2. The Labute approximate surface area is 175 Å². The summed E-state index contributed by atoms with van der Waals surface area (Å²) in [5, 5.41) is 4.40. The highest BCUT2D eigenvalue weighted by atomic mass is 79.9. The van der Waals surface area contributed by atoms with Gasteiger partial charge in [0.15, 0.2) is 5.69 Å². The molecule has 0 aliphatic rings. The summed E-state index contributed by atoms with van der Waals surface area (Å²) in [4.78, 5) is 28.4. The van der Waals surface area contributed by atoms with Crippen LogP contribution in [0.15, 0.2) is 35.7 Å². The first-order valence-corrected chi connectivity index (χ1v) is 9.19. The van der Waals surface area contributed by atoms with E-state index < -0.39 is 23.7 Å². The van der Waals surface area contributed by atoms with Crippen molar-refractivity contribution in [2.24, 2.45) is 0 Å². The van der Waals surface area contributed by atoms with Gasteiger partial charge in [0.05, 0.1) is 14.0 Å². The van der Waals surface area contributed by atoms with E-state index in [1.807, 2.05) is 30.3 Å². The number of nitrogens with zero attached hydrogens (tertiary/aromatic N) is 1. The number of alkyl carbamates (subject to hydrolysis) is 1. The quantitative estimate of drug-likeness (QED) is 0.659. The normalized spacial score (nSPS) is 13.6. The highest BCUT2D eigenvalue weighted by Crippen LogP contribution is 2.23. The van der Waals surface area contributed by atoms with Crippen molar-refractivity contribution in [2.45, 2.75) is 45.7 Å². The third kappa shape index (κ3) is 7.68. The number of carbonyl (C=O) groups excluding carboxylic acids is 2. The lowest BCUT2D eigenvalue weighted by Gasteiger charge is -2.23. The van der Waals surface area contributed by atoms with Crippen LogP contribution < -0.4 is 22.3 Å². The first-order valence-electron chi connectivity index (χ1n) is 8.81. The zero-order valence-corrected chi connectivity index (χ0v) is 18.1. The molecule has 1 atom stereocenters. The second kappa shape index (κ2) is 10.4. The van der Waals surface area contributed by atoms with Crippen LogP contribution in [0.25, 0.3) is 0 Å². The Morgan fingerprint density at radius 1 is 1.30 bits per heavy atom. The number of nitrogens with one attached hydrogen (secondary N) is 1. The minimum Gasteiger partial charge on any atom is -1.00 e. The maximum atomic E-state index is 12.3. The van der Waals surface area contributed by atoms with Crippen LogP contribution in [0.5, 0.6) is 0 Å². The monoisotopic (exact) mass is 456 g/mol. The molecule has 148 valence electrons. The Hall–Kier alpha value is -1.93. The summed E-state index contributed by atoms with van der Waals surface area (Å²) < 4.78 is 19.1. The number of thiazole rings is 1. The number of hydrogen-bond acceptors (Lipinski definition) is 6. The summed E-state index contributed by atoms with van der Waals surface area (Å²) in [5.74, 6) is -0.556. The molecule has 6 nitrogen and oxygen atoms in total. The maximum absolute atomic E-state index is 12.3. The molecule has 1 aromatic carbocycles. The van der Waals surface area contributed by atoms with Crippen LogP contribution in [0.4, 0.5) is 4.79 Å². The third-order valence-electron chi connectivity index (χ3n) is 3.12. The predicted molar refractivity (Wildman–Crippen MR) is 100 cm³/mol. The first kappa shape index (κ1) is 21.4. The van der Waals surface area contributed by atoms with E-state index in [1.165, 1.54) is 5.38 Å². The van der Waals surface area contributed by atoms with Gasteiger partial charge in [-0.15, -0.1) is 11.3 Å². The van der Waals surface area contributed by atoms with Crippen LogP contribution in [0, 0.1) is 0 Å². The number of amides is 1. The number of esters is 1. The van der Waals surface area contributed by atoms with Gasteiger partial charge in [0, 0.05) is 5.38 Å². The molecule has 0 aliphatic heterocycles. The summed E-state index contributed by atoms with van der Waals surface area (Å²) >= 11 is 1.12. The largest absolute Gasteiger partial charge is 1.00 e. The van der Waals surface area contributed by atoms with Crippen LogP contribution in [-0.2, 0) is 15.9 Å². The molecule has 1 aromatic heterocycles. The minimum atomic E-state index is -1.58. The summed E-state index contributed by atoms with van der Waals surface area (Å²) in [7, 11) is 0. The van der Waals surface area contributed by atoms with Crippen LogP contribution in [0.2, 0.25) is 0 Å². The molecule has 2 rings (SSSR count). The van der Waals surface area contributed by atoms with Gasteiger partial charge < -0.3 is 31.8 Å². The van der Waals surface area contributed by atoms with Crippen LogP contribution in [0.1, 0.15) is 56.1 Å². The van der Waals surface area contributed by atoms with Crippen molar-refractivity contribution in [2.75, 3.05) is 6.61 Å². The molecule has 1 amide bonds. The fourth-order valence-electron chi connectivity index (χ4n) is 2.11. The smallest absolute Gasteiger partial charge is 0.408 e. The maximum Gasteiger partial charge on any atom is 0.408 e. The number of carbonyl (C=O) groups is 2. The molecule has 0 bridgehead atoms. The minimum absolute atomic E-state index is 0. The molecular formula is C19H24BrN2O4S-. The molecule has 1 heterocycles. The molecule has 0 radical (unpaired) electrons. The Kier molecular flexibility index (Phi) is 8.24. The van der Waals surface area contributed by atoms with Crippen molar-refractivity contribution in [3.05, 3.63) is 52.0 Å².